The van der Waals surface area contributed by atoms with Gasteiger partial charge in [-0.15, -0.1) is 0 Å². The molecule has 1 saturated heterocycles. The van der Waals surface area contributed by atoms with Crippen molar-refractivity contribution < 1.29 is 14.3 Å². The molecule has 0 atom stereocenters. The van der Waals surface area contributed by atoms with Gasteiger partial charge in [-0.2, -0.15) is 0 Å². The number of rotatable bonds is 5. The number of benzene rings is 2. The number of carbonyl (C=O) groups is 1. The minimum Gasteiger partial charge on any atom is -0.454 e. The quantitative estimate of drug-likeness (QED) is 0.744. The molecule has 2 aromatic carbocycles. The Kier molecular flexibility index (Phi) is 5.38. The molecule has 1 fully saturated rings. The lowest BCUT2D eigenvalue weighted by Crippen LogP contribution is -2.47. The predicted octanol–water partition coefficient (Wildman–Crippen LogP) is 3.34. The largest absolute Gasteiger partial charge is 0.454 e. The van der Waals surface area contributed by atoms with Crippen molar-refractivity contribution in [3.63, 3.8) is 0 Å². The Bertz CT molecular complexity index is 886. The SMILES string of the molecule is Cc1cc(C)c(C(=O)CN2CCN(Cc3ccc4c(c3)OCO4)CC2)cc1C. The van der Waals surface area contributed by atoms with Crippen molar-refractivity contribution in [1.82, 2.24) is 9.80 Å². The molecule has 4 rings (SSSR count). The average Bonchev–Trinajstić information content (AvgIpc) is 3.14. The second kappa shape index (κ2) is 7.94. The third kappa shape index (κ3) is 4.05. The molecule has 0 spiro atoms. The third-order valence-corrected chi connectivity index (χ3v) is 5.82. The standard InChI is InChI=1S/C23H28N2O3/c1-16-10-18(3)20(11-17(16)2)21(26)14-25-8-6-24(7-9-25)13-19-4-5-22-23(12-19)28-15-27-22/h4-5,10-12H,6-9,13-15H2,1-3H3. The summed E-state index contributed by atoms with van der Waals surface area (Å²) in [6, 6.07) is 10.3. The highest BCUT2D eigenvalue weighted by Crippen LogP contribution is 2.32. The minimum atomic E-state index is 0.227. The van der Waals surface area contributed by atoms with Crippen LogP contribution < -0.4 is 9.47 Å². The van der Waals surface area contributed by atoms with E-state index >= 15 is 0 Å². The van der Waals surface area contributed by atoms with E-state index in [2.05, 4.69) is 41.8 Å². The number of piperazine rings is 1. The Morgan fingerprint density at radius 1 is 0.857 bits per heavy atom. The number of hydrogen-bond donors (Lipinski definition) is 0. The van der Waals surface area contributed by atoms with E-state index in [4.69, 9.17) is 9.47 Å². The summed E-state index contributed by atoms with van der Waals surface area (Å²) < 4.78 is 10.8. The molecule has 0 radical (unpaired) electrons. The molecule has 0 aliphatic carbocycles. The zero-order valence-electron chi connectivity index (χ0n) is 17.0. The van der Waals surface area contributed by atoms with E-state index in [0.29, 0.717) is 13.3 Å². The van der Waals surface area contributed by atoms with Crippen molar-refractivity contribution in [2.45, 2.75) is 27.3 Å². The Balaban J connectivity index is 1.31. The van der Waals surface area contributed by atoms with Crippen LogP contribution in [0.1, 0.15) is 32.6 Å². The molecule has 2 aliphatic rings. The van der Waals surface area contributed by atoms with Crippen LogP contribution in [0.25, 0.3) is 0 Å². The van der Waals surface area contributed by atoms with E-state index in [0.717, 1.165) is 55.3 Å². The number of fused-ring (bicyclic) bond motifs is 1. The second-order valence-electron chi connectivity index (χ2n) is 7.91. The van der Waals surface area contributed by atoms with Gasteiger partial charge < -0.3 is 9.47 Å². The Hall–Kier alpha value is -2.37. The Morgan fingerprint density at radius 2 is 1.54 bits per heavy atom. The number of carbonyl (C=O) groups excluding carboxylic acids is 1. The fraction of sp³-hybridized carbons (Fsp3) is 0.435. The van der Waals surface area contributed by atoms with Crippen molar-refractivity contribution >= 4 is 5.78 Å². The smallest absolute Gasteiger partial charge is 0.231 e. The van der Waals surface area contributed by atoms with E-state index < -0.39 is 0 Å². The van der Waals surface area contributed by atoms with Gasteiger partial charge in [0.2, 0.25) is 6.79 Å². The maximum Gasteiger partial charge on any atom is 0.231 e. The molecule has 0 unspecified atom stereocenters. The zero-order valence-corrected chi connectivity index (χ0v) is 17.0. The van der Waals surface area contributed by atoms with Crippen molar-refractivity contribution in [3.05, 3.63) is 58.1 Å². The van der Waals surface area contributed by atoms with Gasteiger partial charge in [-0.25, -0.2) is 0 Å². The Morgan fingerprint density at radius 3 is 2.32 bits per heavy atom. The van der Waals surface area contributed by atoms with Gasteiger partial charge in [-0.3, -0.25) is 14.6 Å². The maximum absolute atomic E-state index is 12.8. The molecule has 0 aromatic heterocycles. The fourth-order valence-corrected chi connectivity index (χ4v) is 3.95. The molecular weight excluding hydrogens is 352 g/mol. The summed E-state index contributed by atoms with van der Waals surface area (Å²) in [4.78, 5) is 17.5. The van der Waals surface area contributed by atoms with Gasteiger partial charge in [0, 0.05) is 38.3 Å². The molecule has 2 heterocycles. The zero-order chi connectivity index (χ0) is 19.7. The fourth-order valence-electron chi connectivity index (χ4n) is 3.95. The summed E-state index contributed by atoms with van der Waals surface area (Å²) >= 11 is 0. The van der Waals surface area contributed by atoms with Gasteiger partial charge >= 0.3 is 0 Å². The van der Waals surface area contributed by atoms with Gasteiger partial charge in [0.1, 0.15) is 0 Å². The van der Waals surface area contributed by atoms with Crippen LogP contribution in [0.15, 0.2) is 30.3 Å². The molecule has 0 N–H and O–H groups in total. The highest BCUT2D eigenvalue weighted by Gasteiger charge is 2.21. The lowest BCUT2D eigenvalue weighted by Gasteiger charge is -2.34. The van der Waals surface area contributed by atoms with Crippen LogP contribution in [0, 0.1) is 20.8 Å². The number of Topliss-reactive ketones (excluding diaryl/α,β-unsaturated/α-hetero) is 1. The first-order valence-corrected chi connectivity index (χ1v) is 9.94. The lowest BCUT2D eigenvalue weighted by atomic mass is 9.98. The summed E-state index contributed by atoms with van der Waals surface area (Å²) in [7, 11) is 0. The van der Waals surface area contributed by atoms with E-state index in [9.17, 15) is 4.79 Å². The highest BCUT2D eigenvalue weighted by molar-refractivity contribution is 5.99. The predicted molar refractivity (Wildman–Crippen MR) is 109 cm³/mol. The van der Waals surface area contributed by atoms with Crippen LogP contribution in [-0.2, 0) is 6.54 Å². The molecule has 5 nitrogen and oxygen atoms in total. The van der Waals surface area contributed by atoms with Gasteiger partial charge in [-0.1, -0.05) is 12.1 Å². The topological polar surface area (TPSA) is 42.0 Å². The molecule has 2 aliphatic heterocycles. The van der Waals surface area contributed by atoms with Gasteiger partial charge in [-0.05, 0) is 61.2 Å². The number of aryl methyl sites for hydroxylation is 3. The van der Waals surface area contributed by atoms with Crippen LogP contribution in [0.5, 0.6) is 11.5 Å². The summed E-state index contributed by atoms with van der Waals surface area (Å²) in [6.45, 7) is 11.7. The lowest BCUT2D eigenvalue weighted by molar-refractivity contribution is 0.0843. The molecular formula is C23H28N2O3. The third-order valence-electron chi connectivity index (χ3n) is 5.82. The normalized spacial score (nSPS) is 17.1. The van der Waals surface area contributed by atoms with Crippen molar-refractivity contribution in [2.24, 2.45) is 0 Å². The van der Waals surface area contributed by atoms with Crippen LogP contribution in [0.2, 0.25) is 0 Å². The van der Waals surface area contributed by atoms with E-state index in [1.807, 2.05) is 19.1 Å². The van der Waals surface area contributed by atoms with Gasteiger partial charge in [0.05, 0.1) is 6.54 Å². The van der Waals surface area contributed by atoms with Crippen LogP contribution in [0.4, 0.5) is 0 Å². The highest BCUT2D eigenvalue weighted by atomic mass is 16.7. The molecule has 5 heteroatoms. The summed E-state index contributed by atoms with van der Waals surface area (Å²) in [5, 5.41) is 0. The molecule has 28 heavy (non-hydrogen) atoms. The number of nitrogens with zero attached hydrogens (tertiary/aromatic N) is 2. The average molecular weight is 380 g/mol. The van der Waals surface area contributed by atoms with Gasteiger partial charge in [0.25, 0.3) is 0 Å². The molecule has 2 aromatic rings. The van der Waals surface area contributed by atoms with Crippen LogP contribution >= 0.6 is 0 Å². The first-order valence-electron chi connectivity index (χ1n) is 9.94. The van der Waals surface area contributed by atoms with Crippen molar-refractivity contribution in [3.8, 4) is 11.5 Å². The number of ether oxygens (including phenoxy) is 2. The first-order chi connectivity index (χ1) is 13.5. The Labute approximate surface area is 166 Å². The second-order valence-corrected chi connectivity index (χ2v) is 7.91. The van der Waals surface area contributed by atoms with Crippen LogP contribution in [0.3, 0.4) is 0 Å². The summed E-state index contributed by atoms with van der Waals surface area (Å²) in [5.41, 5.74) is 5.61. The van der Waals surface area contributed by atoms with E-state index in [1.165, 1.54) is 16.7 Å². The van der Waals surface area contributed by atoms with Crippen LogP contribution in [-0.4, -0.2) is 55.1 Å². The maximum atomic E-state index is 12.8. The first kappa shape index (κ1) is 19.0. The van der Waals surface area contributed by atoms with E-state index in [1.54, 1.807) is 0 Å². The molecule has 0 bridgehead atoms. The van der Waals surface area contributed by atoms with Crippen molar-refractivity contribution in [2.75, 3.05) is 39.5 Å². The number of ketones is 1. The minimum absolute atomic E-state index is 0.227. The molecule has 148 valence electrons. The monoisotopic (exact) mass is 380 g/mol. The molecule has 0 saturated carbocycles. The molecule has 0 amide bonds. The van der Waals surface area contributed by atoms with Crippen molar-refractivity contribution in [1.29, 1.82) is 0 Å². The van der Waals surface area contributed by atoms with E-state index in [-0.39, 0.29) is 5.78 Å². The summed E-state index contributed by atoms with van der Waals surface area (Å²) in [5.74, 6) is 1.89. The van der Waals surface area contributed by atoms with Gasteiger partial charge in [0.15, 0.2) is 17.3 Å². The summed E-state index contributed by atoms with van der Waals surface area (Å²) in [6.07, 6.45) is 0. The number of hydrogen-bond acceptors (Lipinski definition) is 5.